The fourth-order valence-corrected chi connectivity index (χ4v) is 3.55. The summed E-state index contributed by atoms with van der Waals surface area (Å²) in [6.07, 6.45) is 0. The summed E-state index contributed by atoms with van der Waals surface area (Å²) >= 11 is 5.00. The molecule has 0 unspecified atom stereocenters. The molecule has 1 N–H and O–H groups in total. The number of halogens is 1. The highest BCUT2D eigenvalue weighted by Gasteiger charge is 2.17. The first-order valence-electron chi connectivity index (χ1n) is 7.10. The molecule has 23 heavy (non-hydrogen) atoms. The van der Waals surface area contributed by atoms with Crippen molar-refractivity contribution in [2.45, 2.75) is 19.5 Å². The maximum absolute atomic E-state index is 9.60. The second kappa shape index (κ2) is 6.82. The smallest absolute Gasteiger partial charge is 0.241 e. The second-order valence-corrected chi connectivity index (χ2v) is 7.76. The Kier molecular flexibility index (Phi) is 4.79. The molecule has 0 fully saturated rings. The first-order valence-corrected chi connectivity index (χ1v) is 8.71. The molecule has 0 saturated carbocycles. The molecule has 0 saturated heterocycles. The summed E-state index contributed by atoms with van der Waals surface area (Å²) in [7, 11) is 1.99. The van der Waals surface area contributed by atoms with Gasteiger partial charge in [-0.1, -0.05) is 17.3 Å². The van der Waals surface area contributed by atoms with Gasteiger partial charge < -0.3 is 9.63 Å². The van der Waals surface area contributed by atoms with Crippen LogP contribution in [-0.2, 0) is 6.54 Å². The summed E-state index contributed by atoms with van der Waals surface area (Å²) in [4.78, 5) is 7.51. The van der Waals surface area contributed by atoms with E-state index in [0.29, 0.717) is 18.3 Å². The Morgan fingerprint density at radius 2 is 2.17 bits per heavy atom. The number of hydrogen-bond donors (Lipinski definition) is 1. The lowest BCUT2D eigenvalue weighted by molar-refractivity contribution is 0.216. The zero-order chi connectivity index (χ0) is 16.4. The summed E-state index contributed by atoms with van der Waals surface area (Å²) in [6, 6.07) is 11.3. The third-order valence-corrected chi connectivity index (χ3v) is 5.28. The van der Waals surface area contributed by atoms with E-state index in [-0.39, 0.29) is 11.8 Å². The normalized spacial score (nSPS) is 12.7. The quantitative estimate of drug-likeness (QED) is 0.692. The fourth-order valence-electron chi connectivity index (χ4n) is 2.24. The molecular formula is C16H16BrN3O2S. The summed E-state index contributed by atoms with van der Waals surface area (Å²) in [5, 5.41) is 13.6. The van der Waals surface area contributed by atoms with E-state index >= 15 is 0 Å². The van der Waals surface area contributed by atoms with E-state index in [1.165, 1.54) is 0 Å². The lowest BCUT2D eigenvalue weighted by Crippen LogP contribution is -2.22. The third-order valence-electron chi connectivity index (χ3n) is 3.66. The van der Waals surface area contributed by atoms with Crippen molar-refractivity contribution in [1.29, 1.82) is 0 Å². The molecule has 2 heterocycles. The lowest BCUT2D eigenvalue weighted by atomic mass is 10.1. The molecule has 0 aliphatic carbocycles. The summed E-state index contributed by atoms with van der Waals surface area (Å²) in [5.41, 5.74) is 1.04. The van der Waals surface area contributed by atoms with Crippen LogP contribution in [-0.4, -0.2) is 27.2 Å². The minimum absolute atomic E-state index is 0.119. The number of phenols is 1. The largest absolute Gasteiger partial charge is 0.508 e. The molecule has 0 radical (unpaired) electrons. The Balaban J connectivity index is 1.70. The molecule has 0 aliphatic rings. The van der Waals surface area contributed by atoms with Gasteiger partial charge in [0.15, 0.2) is 0 Å². The van der Waals surface area contributed by atoms with Gasteiger partial charge in [0.25, 0.3) is 0 Å². The number of rotatable bonds is 5. The van der Waals surface area contributed by atoms with E-state index in [9.17, 15) is 5.11 Å². The number of aromatic nitrogens is 2. The van der Waals surface area contributed by atoms with Gasteiger partial charge in [-0.15, -0.1) is 11.3 Å². The van der Waals surface area contributed by atoms with Gasteiger partial charge in [-0.3, -0.25) is 4.90 Å². The average Bonchev–Trinajstić information content (AvgIpc) is 3.15. The van der Waals surface area contributed by atoms with Crippen LogP contribution in [0, 0.1) is 0 Å². The average molecular weight is 394 g/mol. The standard InChI is InChI=1S/C16H16BrN3O2S/c1-10(11-4-3-5-12(21)8-11)20(2)9-15-18-16(19-22-15)13-6-7-14(17)23-13/h3-8,10,21H,9H2,1-2H3/t10-/m0/s1. The van der Waals surface area contributed by atoms with Crippen molar-refractivity contribution in [1.82, 2.24) is 15.0 Å². The predicted molar refractivity (Wildman–Crippen MR) is 93.3 cm³/mol. The van der Waals surface area contributed by atoms with E-state index in [2.05, 4.69) is 37.9 Å². The molecule has 0 amide bonds. The zero-order valence-corrected chi connectivity index (χ0v) is 15.1. The molecule has 5 nitrogen and oxygen atoms in total. The van der Waals surface area contributed by atoms with Crippen molar-refractivity contribution >= 4 is 27.3 Å². The number of phenolic OH excluding ortho intramolecular Hbond substituents is 1. The molecule has 3 aromatic rings. The molecule has 1 atom stereocenters. The molecule has 0 aliphatic heterocycles. The molecule has 2 aromatic heterocycles. The Bertz CT molecular complexity index is 802. The van der Waals surface area contributed by atoms with Gasteiger partial charge in [-0.05, 0) is 59.7 Å². The Morgan fingerprint density at radius 3 is 2.87 bits per heavy atom. The number of thiophene rings is 1. The van der Waals surface area contributed by atoms with E-state index in [0.717, 1.165) is 14.2 Å². The number of benzene rings is 1. The van der Waals surface area contributed by atoms with Crippen LogP contribution in [0.3, 0.4) is 0 Å². The number of aromatic hydroxyl groups is 1. The van der Waals surface area contributed by atoms with E-state index in [1.807, 2.05) is 31.3 Å². The molecule has 7 heteroatoms. The first-order chi connectivity index (χ1) is 11.0. The highest BCUT2D eigenvalue weighted by molar-refractivity contribution is 9.11. The molecule has 1 aromatic carbocycles. The molecule has 0 spiro atoms. The van der Waals surface area contributed by atoms with Crippen LogP contribution in [0.1, 0.15) is 24.4 Å². The highest BCUT2D eigenvalue weighted by atomic mass is 79.9. The SMILES string of the molecule is C[C@@H](c1cccc(O)c1)N(C)Cc1nc(-c2ccc(Br)s2)no1. The molecule has 120 valence electrons. The zero-order valence-electron chi connectivity index (χ0n) is 12.7. The van der Waals surface area contributed by atoms with Gasteiger partial charge in [0.2, 0.25) is 11.7 Å². The van der Waals surface area contributed by atoms with Crippen LogP contribution >= 0.6 is 27.3 Å². The van der Waals surface area contributed by atoms with E-state index in [4.69, 9.17) is 4.52 Å². The van der Waals surface area contributed by atoms with Crippen LogP contribution < -0.4 is 0 Å². The van der Waals surface area contributed by atoms with Gasteiger partial charge in [0.05, 0.1) is 15.2 Å². The van der Waals surface area contributed by atoms with Gasteiger partial charge in [-0.2, -0.15) is 4.98 Å². The summed E-state index contributed by atoms with van der Waals surface area (Å²) < 4.78 is 6.38. The topological polar surface area (TPSA) is 62.4 Å². The van der Waals surface area contributed by atoms with Gasteiger partial charge in [-0.25, -0.2) is 0 Å². The van der Waals surface area contributed by atoms with E-state index < -0.39 is 0 Å². The summed E-state index contributed by atoms with van der Waals surface area (Å²) in [6.45, 7) is 2.61. The Morgan fingerprint density at radius 1 is 1.35 bits per heavy atom. The van der Waals surface area contributed by atoms with Crippen molar-refractivity contribution < 1.29 is 9.63 Å². The number of nitrogens with zero attached hydrogens (tertiary/aromatic N) is 3. The van der Waals surface area contributed by atoms with Crippen LogP contribution in [0.15, 0.2) is 44.7 Å². The maximum Gasteiger partial charge on any atom is 0.241 e. The van der Waals surface area contributed by atoms with Crippen LogP contribution in [0.5, 0.6) is 5.75 Å². The van der Waals surface area contributed by atoms with Crippen molar-refractivity contribution in [2.24, 2.45) is 0 Å². The Labute approximate surface area is 146 Å². The van der Waals surface area contributed by atoms with Gasteiger partial charge >= 0.3 is 0 Å². The van der Waals surface area contributed by atoms with Crippen molar-refractivity contribution in [3.05, 3.63) is 51.6 Å². The minimum atomic E-state index is 0.119. The molecule has 0 bridgehead atoms. The monoisotopic (exact) mass is 393 g/mol. The fraction of sp³-hybridized carbons (Fsp3) is 0.250. The van der Waals surface area contributed by atoms with Crippen LogP contribution in [0.4, 0.5) is 0 Å². The minimum Gasteiger partial charge on any atom is -0.508 e. The Hall–Kier alpha value is -1.70. The van der Waals surface area contributed by atoms with Crippen LogP contribution in [0.2, 0.25) is 0 Å². The second-order valence-electron chi connectivity index (χ2n) is 5.30. The van der Waals surface area contributed by atoms with Crippen molar-refractivity contribution in [3.63, 3.8) is 0 Å². The molecule has 3 rings (SSSR count). The van der Waals surface area contributed by atoms with Gasteiger partial charge in [0.1, 0.15) is 5.75 Å². The summed E-state index contributed by atoms with van der Waals surface area (Å²) in [5.74, 6) is 1.44. The van der Waals surface area contributed by atoms with E-state index in [1.54, 1.807) is 23.5 Å². The molecular weight excluding hydrogens is 378 g/mol. The van der Waals surface area contributed by atoms with Crippen molar-refractivity contribution in [3.8, 4) is 16.5 Å². The number of hydrogen-bond acceptors (Lipinski definition) is 6. The van der Waals surface area contributed by atoms with Gasteiger partial charge in [0, 0.05) is 6.04 Å². The predicted octanol–water partition coefficient (Wildman–Crippen LogP) is 4.46. The van der Waals surface area contributed by atoms with Crippen LogP contribution in [0.25, 0.3) is 10.7 Å². The lowest BCUT2D eigenvalue weighted by Gasteiger charge is -2.23. The van der Waals surface area contributed by atoms with Crippen molar-refractivity contribution in [2.75, 3.05) is 7.05 Å². The third kappa shape index (κ3) is 3.80. The first kappa shape index (κ1) is 16.2. The maximum atomic E-state index is 9.60. The highest BCUT2D eigenvalue weighted by Crippen LogP contribution is 2.30.